The zero-order chi connectivity index (χ0) is 18.6. The summed E-state index contributed by atoms with van der Waals surface area (Å²) < 4.78 is 39.1. The molecular weight excluding hydrogens is 343 g/mol. The van der Waals surface area contributed by atoms with Crippen molar-refractivity contribution in [2.45, 2.75) is 44.3 Å². The Kier molecular flexibility index (Phi) is 6.19. The van der Waals surface area contributed by atoms with Crippen LogP contribution in [0.4, 0.5) is 18.9 Å². The van der Waals surface area contributed by atoms with Crippen LogP contribution in [0, 0.1) is 0 Å². The molecule has 2 fully saturated rings. The highest BCUT2D eigenvalue weighted by atomic mass is 19.4. The monoisotopic (exact) mass is 371 g/mol. The summed E-state index contributed by atoms with van der Waals surface area (Å²) in [4.78, 5) is 15.1. The van der Waals surface area contributed by atoms with Crippen LogP contribution in [-0.4, -0.2) is 44.7 Å². The van der Waals surface area contributed by atoms with Crippen molar-refractivity contribution in [2.24, 2.45) is 0 Å². The minimum Gasteiger partial charge on any atom is -0.332 e. The lowest BCUT2D eigenvalue weighted by Crippen LogP contribution is -3.21. The number of anilines is 1. The molecule has 2 aliphatic heterocycles. The van der Waals surface area contributed by atoms with E-state index in [1.165, 1.54) is 55.5 Å². The lowest BCUT2D eigenvalue weighted by atomic mass is 10.00. The summed E-state index contributed by atoms with van der Waals surface area (Å²) in [6, 6.07) is 5.83. The van der Waals surface area contributed by atoms with E-state index >= 15 is 0 Å². The number of amides is 1. The van der Waals surface area contributed by atoms with Crippen molar-refractivity contribution < 1.29 is 27.8 Å². The van der Waals surface area contributed by atoms with Gasteiger partial charge in [-0.2, -0.15) is 13.2 Å². The van der Waals surface area contributed by atoms with Crippen molar-refractivity contribution >= 4 is 11.6 Å². The number of para-hydroxylation sites is 1. The molecule has 4 nitrogen and oxygen atoms in total. The standard InChI is InChI=1S/C19H26F3N3O/c20-19(21,22)16-6-2-3-7-17(16)23-18(26)14-24-12-8-15(9-13-24)25-10-4-1-5-11-25/h2-3,6-7,15H,1,4-5,8-14H2,(H,23,26)/p+2. The Labute approximate surface area is 152 Å². The zero-order valence-corrected chi connectivity index (χ0v) is 15.0. The summed E-state index contributed by atoms with van der Waals surface area (Å²) in [5.41, 5.74) is -0.951. The van der Waals surface area contributed by atoms with Crippen molar-refractivity contribution in [3.8, 4) is 0 Å². The summed E-state index contributed by atoms with van der Waals surface area (Å²) >= 11 is 0. The van der Waals surface area contributed by atoms with E-state index in [1.54, 1.807) is 4.90 Å². The van der Waals surface area contributed by atoms with E-state index in [-0.39, 0.29) is 18.1 Å². The molecule has 2 saturated heterocycles. The molecule has 0 aliphatic carbocycles. The number of halogens is 3. The van der Waals surface area contributed by atoms with Gasteiger partial charge in [0.15, 0.2) is 6.54 Å². The third-order valence-corrected chi connectivity index (χ3v) is 5.68. The van der Waals surface area contributed by atoms with E-state index in [1.807, 2.05) is 0 Å². The second-order valence-corrected chi connectivity index (χ2v) is 7.51. The molecule has 7 heteroatoms. The number of carbonyl (C=O) groups excluding carboxylic acids is 1. The van der Waals surface area contributed by atoms with Gasteiger partial charge >= 0.3 is 6.18 Å². The number of benzene rings is 1. The number of likely N-dealkylation sites (tertiary alicyclic amines) is 2. The molecule has 0 saturated carbocycles. The highest BCUT2D eigenvalue weighted by Gasteiger charge is 2.34. The van der Waals surface area contributed by atoms with Crippen molar-refractivity contribution in [2.75, 3.05) is 38.0 Å². The summed E-state index contributed by atoms with van der Waals surface area (Å²) in [6.45, 7) is 4.59. The van der Waals surface area contributed by atoms with E-state index in [4.69, 9.17) is 0 Å². The Morgan fingerprint density at radius 1 is 1.04 bits per heavy atom. The Balaban J connectivity index is 1.49. The third kappa shape index (κ3) is 4.98. The quantitative estimate of drug-likeness (QED) is 0.718. The molecule has 2 heterocycles. The minimum absolute atomic E-state index is 0.156. The highest BCUT2D eigenvalue weighted by molar-refractivity contribution is 5.92. The van der Waals surface area contributed by atoms with Gasteiger partial charge in [-0.15, -0.1) is 0 Å². The molecule has 1 aromatic rings. The Bertz CT molecular complexity index is 606. The average Bonchev–Trinajstić information content (AvgIpc) is 2.62. The fraction of sp³-hybridized carbons (Fsp3) is 0.632. The molecule has 2 aliphatic rings. The van der Waals surface area contributed by atoms with Crippen molar-refractivity contribution in [1.82, 2.24) is 0 Å². The number of carbonyl (C=O) groups is 1. The van der Waals surface area contributed by atoms with Gasteiger partial charge in [0.05, 0.1) is 43.5 Å². The maximum absolute atomic E-state index is 13.0. The molecule has 1 aromatic carbocycles. The molecule has 0 aromatic heterocycles. The fourth-order valence-corrected chi connectivity index (χ4v) is 4.29. The summed E-state index contributed by atoms with van der Waals surface area (Å²) in [7, 11) is 0. The molecule has 1 amide bonds. The van der Waals surface area contributed by atoms with Crippen LogP contribution < -0.4 is 15.1 Å². The zero-order valence-electron chi connectivity index (χ0n) is 15.0. The molecule has 0 spiro atoms. The van der Waals surface area contributed by atoms with E-state index in [0.717, 1.165) is 32.0 Å². The molecule has 0 atom stereocenters. The van der Waals surface area contributed by atoms with Gasteiger partial charge in [0.25, 0.3) is 5.91 Å². The smallest absolute Gasteiger partial charge is 0.332 e. The second-order valence-electron chi connectivity index (χ2n) is 7.51. The number of nitrogens with one attached hydrogen (secondary N) is 3. The number of quaternary nitrogens is 2. The molecule has 3 N–H and O–H groups in total. The Hall–Kier alpha value is -1.60. The van der Waals surface area contributed by atoms with E-state index in [2.05, 4.69) is 5.32 Å². The number of piperidine rings is 2. The highest BCUT2D eigenvalue weighted by Crippen LogP contribution is 2.34. The predicted octanol–water partition coefficient (Wildman–Crippen LogP) is 0.760. The molecular formula is C19H28F3N3O+2. The fourth-order valence-electron chi connectivity index (χ4n) is 4.29. The summed E-state index contributed by atoms with van der Waals surface area (Å²) in [6.07, 6.45) is 1.68. The number of hydrogen-bond donors (Lipinski definition) is 3. The molecule has 144 valence electrons. The van der Waals surface area contributed by atoms with Crippen LogP contribution in [0.5, 0.6) is 0 Å². The van der Waals surface area contributed by atoms with E-state index < -0.39 is 11.7 Å². The number of alkyl halides is 3. The van der Waals surface area contributed by atoms with Crippen molar-refractivity contribution in [1.29, 1.82) is 0 Å². The van der Waals surface area contributed by atoms with Crippen LogP contribution >= 0.6 is 0 Å². The summed E-state index contributed by atoms with van der Waals surface area (Å²) in [5.74, 6) is -0.347. The largest absolute Gasteiger partial charge is 0.418 e. The van der Waals surface area contributed by atoms with Gasteiger partial charge in [0.1, 0.15) is 0 Å². The topological polar surface area (TPSA) is 38.0 Å². The van der Waals surface area contributed by atoms with Crippen LogP contribution in [0.2, 0.25) is 0 Å². The second kappa shape index (κ2) is 8.39. The molecule has 26 heavy (non-hydrogen) atoms. The first kappa shape index (κ1) is 19.2. The van der Waals surface area contributed by atoms with Gasteiger partial charge in [0.2, 0.25) is 0 Å². The average molecular weight is 371 g/mol. The van der Waals surface area contributed by atoms with Crippen LogP contribution in [0.15, 0.2) is 24.3 Å². The van der Waals surface area contributed by atoms with Gasteiger partial charge in [-0.05, 0) is 31.4 Å². The summed E-state index contributed by atoms with van der Waals surface area (Å²) in [5, 5.41) is 2.45. The van der Waals surface area contributed by atoms with E-state index in [9.17, 15) is 18.0 Å². The van der Waals surface area contributed by atoms with Crippen molar-refractivity contribution in [3.05, 3.63) is 29.8 Å². The van der Waals surface area contributed by atoms with Crippen LogP contribution in [0.1, 0.15) is 37.7 Å². The maximum Gasteiger partial charge on any atom is 0.418 e. The van der Waals surface area contributed by atoms with Crippen LogP contribution in [0.3, 0.4) is 0 Å². The Morgan fingerprint density at radius 2 is 1.69 bits per heavy atom. The molecule has 0 unspecified atom stereocenters. The van der Waals surface area contributed by atoms with Gasteiger partial charge in [0, 0.05) is 12.8 Å². The number of rotatable bonds is 4. The Morgan fingerprint density at radius 3 is 2.35 bits per heavy atom. The molecule has 0 bridgehead atoms. The lowest BCUT2D eigenvalue weighted by Gasteiger charge is -2.35. The molecule has 0 radical (unpaired) electrons. The predicted molar refractivity (Wildman–Crippen MR) is 93.2 cm³/mol. The SMILES string of the molecule is O=C(C[NH+]1CCC([NH+]2CCCCC2)CC1)Nc1ccccc1C(F)(F)F. The van der Waals surface area contributed by atoms with Crippen LogP contribution in [0.25, 0.3) is 0 Å². The number of hydrogen-bond acceptors (Lipinski definition) is 1. The van der Waals surface area contributed by atoms with Crippen molar-refractivity contribution in [3.63, 3.8) is 0 Å². The third-order valence-electron chi connectivity index (χ3n) is 5.68. The maximum atomic E-state index is 13.0. The normalized spacial score (nSPS) is 25.0. The van der Waals surface area contributed by atoms with Gasteiger partial charge < -0.3 is 15.1 Å². The first-order valence-electron chi connectivity index (χ1n) is 9.57. The van der Waals surface area contributed by atoms with E-state index in [0.29, 0.717) is 6.04 Å². The van der Waals surface area contributed by atoms with Gasteiger partial charge in [-0.25, -0.2) is 0 Å². The van der Waals surface area contributed by atoms with Gasteiger partial charge in [-0.3, -0.25) is 4.79 Å². The lowest BCUT2D eigenvalue weighted by molar-refractivity contribution is -0.958. The first-order chi connectivity index (χ1) is 12.4. The van der Waals surface area contributed by atoms with Gasteiger partial charge in [-0.1, -0.05) is 12.1 Å². The first-order valence-corrected chi connectivity index (χ1v) is 9.57. The van der Waals surface area contributed by atoms with Crippen LogP contribution in [-0.2, 0) is 11.0 Å². The molecule has 3 rings (SSSR count). The minimum atomic E-state index is -4.47.